The van der Waals surface area contributed by atoms with Crippen molar-refractivity contribution in [1.29, 1.82) is 0 Å². The van der Waals surface area contributed by atoms with Crippen molar-refractivity contribution >= 4 is 5.78 Å². The summed E-state index contributed by atoms with van der Waals surface area (Å²) in [4.78, 5) is 13.3. The van der Waals surface area contributed by atoms with E-state index in [1.165, 1.54) is 0 Å². The highest BCUT2D eigenvalue weighted by molar-refractivity contribution is 5.99. The number of hydrogen-bond donors (Lipinski definition) is 0. The first-order valence-electron chi connectivity index (χ1n) is 8.39. The summed E-state index contributed by atoms with van der Waals surface area (Å²) in [7, 11) is 0. The second-order valence-corrected chi connectivity index (χ2v) is 7.70. The smallest absolute Gasteiger partial charge is 0.168 e. The van der Waals surface area contributed by atoms with Gasteiger partial charge in [0.25, 0.3) is 0 Å². The van der Waals surface area contributed by atoms with Crippen molar-refractivity contribution in [3.8, 4) is 0 Å². The van der Waals surface area contributed by atoms with Gasteiger partial charge in [0, 0.05) is 11.5 Å². The Hall–Kier alpha value is -1.97. The summed E-state index contributed by atoms with van der Waals surface area (Å²) in [6, 6.07) is 19.2. The van der Waals surface area contributed by atoms with Gasteiger partial charge >= 0.3 is 0 Å². The molecule has 1 radical (unpaired) electrons. The molecule has 0 unspecified atom stereocenters. The van der Waals surface area contributed by atoms with Crippen molar-refractivity contribution in [1.82, 2.24) is 5.06 Å². The minimum Gasteiger partial charge on any atom is -0.294 e. The van der Waals surface area contributed by atoms with E-state index < -0.39 is 17.0 Å². The number of hydrogen-bond acceptors (Lipinski definition) is 2. The Morgan fingerprint density at radius 2 is 1.33 bits per heavy atom. The quantitative estimate of drug-likeness (QED) is 0.781. The van der Waals surface area contributed by atoms with Crippen molar-refractivity contribution in [2.24, 2.45) is 5.92 Å². The zero-order valence-electron chi connectivity index (χ0n) is 14.7. The Morgan fingerprint density at radius 3 is 1.88 bits per heavy atom. The predicted molar refractivity (Wildman–Crippen MR) is 94.1 cm³/mol. The summed E-state index contributed by atoms with van der Waals surface area (Å²) in [5.41, 5.74) is 0.294. The lowest BCUT2D eigenvalue weighted by molar-refractivity contribution is -0.248. The van der Waals surface area contributed by atoms with Crippen molar-refractivity contribution in [3.63, 3.8) is 0 Å². The van der Waals surface area contributed by atoms with Gasteiger partial charge in [-0.2, -0.15) is 0 Å². The molecule has 125 valence electrons. The third-order valence-corrected chi connectivity index (χ3v) is 5.40. The van der Waals surface area contributed by atoms with Crippen molar-refractivity contribution in [2.75, 3.05) is 0 Å². The highest BCUT2D eigenvalue weighted by atomic mass is 16.5. The van der Waals surface area contributed by atoms with E-state index in [0.29, 0.717) is 5.56 Å². The first kappa shape index (κ1) is 16.9. The molecule has 0 spiro atoms. The number of Topliss-reactive ketones (excluding diaryl/α,β-unsaturated/α-hetero) is 1. The minimum atomic E-state index is -0.767. The second-order valence-electron chi connectivity index (χ2n) is 7.70. The van der Waals surface area contributed by atoms with Gasteiger partial charge in [0.2, 0.25) is 0 Å². The van der Waals surface area contributed by atoms with Gasteiger partial charge in [-0.25, -0.2) is 0 Å². The molecule has 3 rings (SSSR count). The summed E-state index contributed by atoms with van der Waals surface area (Å²) >= 11 is 0. The van der Waals surface area contributed by atoms with Crippen molar-refractivity contribution < 1.29 is 10.0 Å². The van der Waals surface area contributed by atoms with Crippen LogP contribution in [0.25, 0.3) is 0 Å². The molecule has 24 heavy (non-hydrogen) atoms. The number of hydroxylamine groups is 2. The normalized spacial score (nSPS) is 25.5. The van der Waals surface area contributed by atoms with E-state index in [4.69, 9.17) is 0 Å². The van der Waals surface area contributed by atoms with Gasteiger partial charge < -0.3 is 0 Å². The standard InChI is InChI=1S/C21H24NO2/c1-20(2)17(15-11-7-5-8-12-15)18(21(3,4)22(20)24)19(23)16-13-9-6-10-14-16/h5-14,17-18H,1-4H3/t17-,18-/m1/s1. The molecule has 1 aliphatic heterocycles. The molecule has 0 aromatic heterocycles. The maximum absolute atomic E-state index is 13.3. The topological polar surface area (TPSA) is 40.2 Å². The number of carbonyl (C=O) groups excluding carboxylic acids is 1. The first-order valence-corrected chi connectivity index (χ1v) is 8.39. The Kier molecular flexibility index (Phi) is 4.10. The fourth-order valence-corrected chi connectivity index (χ4v) is 4.33. The molecule has 2 atom stereocenters. The van der Waals surface area contributed by atoms with Crippen LogP contribution in [-0.2, 0) is 5.21 Å². The van der Waals surface area contributed by atoms with Gasteiger partial charge in [0.15, 0.2) is 5.78 Å². The van der Waals surface area contributed by atoms with E-state index >= 15 is 0 Å². The first-order chi connectivity index (χ1) is 11.3. The van der Waals surface area contributed by atoms with Crippen LogP contribution >= 0.6 is 0 Å². The van der Waals surface area contributed by atoms with Crippen LogP contribution < -0.4 is 0 Å². The monoisotopic (exact) mass is 322 g/mol. The molecule has 0 bridgehead atoms. The lowest BCUT2D eigenvalue weighted by Gasteiger charge is -2.33. The van der Waals surface area contributed by atoms with Crippen LogP contribution in [0.4, 0.5) is 0 Å². The molecule has 3 heteroatoms. The Bertz CT molecular complexity index is 722. The predicted octanol–water partition coefficient (Wildman–Crippen LogP) is 4.49. The van der Waals surface area contributed by atoms with E-state index in [9.17, 15) is 10.0 Å². The van der Waals surface area contributed by atoms with Crippen molar-refractivity contribution in [2.45, 2.75) is 44.7 Å². The average Bonchev–Trinajstić information content (AvgIpc) is 2.72. The Morgan fingerprint density at radius 1 is 0.833 bits per heavy atom. The lowest BCUT2D eigenvalue weighted by atomic mass is 9.70. The molecule has 1 heterocycles. The number of ketones is 1. The highest BCUT2D eigenvalue weighted by Crippen LogP contribution is 2.54. The average molecular weight is 322 g/mol. The van der Waals surface area contributed by atoms with Crippen LogP contribution in [-0.4, -0.2) is 21.9 Å². The third kappa shape index (κ3) is 2.48. The summed E-state index contributed by atoms with van der Waals surface area (Å²) in [6.07, 6.45) is 0. The van der Waals surface area contributed by atoms with E-state index in [-0.39, 0.29) is 11.7 Å². The molecule has 1 fully saturated rings. The van der Waals surface area contributed by atoms with Gasteiger partial charge in [-0.15, -0.1) is 10.3 Å². The zero-order valence-corrected chi connectivity index (χ0v) is 14.7. The molecule has 3 nitrogen and oxygen atoms in total. The van der Waals surface area contributed by atoms with Crippen LogP contribution in [0.1, 0.15) is 49.5 Å². The van der Waals surface area contributed by atoms with Gasteiger partial charge in [-0.3, -0.25) is 4.79 Å². The summed E-state index contributed by atoms with van der Waals surface area (Å²) in [5.74, 6) is -0.505. The van der Waals surface area contributed by atoms with E-state index in [0.717, 1.165) is 10.6 Å². The Balaban J connectivity index is 2.14. The molecule has 0 saturated carbocycles. The molecule has 0 amide bonds. The molecule has 1 aliphatic rings. The maximum atomic E-state index is 13.3. The Labute approximate surface area is 143 Å². The van der Waals surface area contributed by atoms with Gasteiger partial charge in [0.05, 0.1) is 17.0 Å². The van der Waals surface area contributed by atoms with Crippen LogP contribution in [0.5, 0.6) is 0 Å². The largest absolute Gasteiger partial charge is 0.294 e. The van der Waals surface area contributed by atoms with Gasteiger partial charge in [-0.1, -0.05) is 60.7 Å². The minimum absolute atomic E-state index is 0.0425. The molecule has 1 saturated heterocycles. The number of carbonyl (C=O) groups is 1. The lowest BCUT2D eigenvalue weighted by Crippen LogP contribution is -2.47. The van der Waals surface area contributed by atoms with Crippen LogP contribution in [0.15, 0.2) is 60.7 Å². The van der Waals surface area contributed by atoms with Crippen LogP contribution in [0, 0.1) is 5.92 Å². The SMILES string of the molecule is CC1(C)[C@H](c2ccccc2)[C@H](C(=O)c2ccccc2)C(C)(C)N1[O]. The molecular weight excluding hydrogens is 298 g/mol. The van der Waals surface area contributed by atoms with Gasteiger partial charge in [-0.05, 0) is 33.3 Å². The molecule has 0 aliphatic carbocycles. The molecule has 2 aromatic carbocycles. The van der Waals surface area contributed by atoms with Gasteiger partial charge in [0.1, 0.15) is 0 Å². The van der Waals surface area contributed by atoms with Crippen molar-refractivity contribution in [3.05, 3.63) is 71.8 Å². The molecular formula is C21H24NO2. The van der Waals surface area contributed by atoms with E-state index in [2.05, 4.69) is 0 Å². The molecule has 2 aromatic rings. The fourth-order valence-electron chi connectivity index (χ4n) is 4.33. The molecule has 0 N–H and O–H groups in total. The fraction of sp³-hybridized carbons (Fsp3) is 0.381. The second kappa shape index (κ2) is 5.83. The number of rotatable bonds is 3. The van der Waals surface area contributed by atoms with E-state index in [1.54, 1.807) is 0 Å². The summed E-state index contributed by atoms with van der Waals surface area (Å²) < 4.78 is 0. The van der Waals surface area contributed by atoms with Crippen LogP contribution in [0.3, 0.4) is 0 Å². The zero-order chi connectivity index (χ0) is 17.5. The summed E-state index contributed by atoms with van der Waals surface area (Å²) in [5, 5.41) is 14.2. The number of nitrogens with zero attached hydrogens (tertiary/aromatic N) is 1. The van der Waals surface area contributed by atoms with E-state index in [1.807, 2.05) is 88.4 Å². The number of benzene rings is 2. The maximum Gasteiger partial charge on any atom is 0.168 e. The van der Waals surface area contributed by atoms with Crippen LogP contribution in [0.2, 0.25) is 0 Å². The third-order valence-electron chi connectivity index (χ3n) is 5.40. The summed E-state index contributed by atoms with van der Waals surface area (Å²) in [6.45, 7) is 7.65. The highest BCUT2D eigenvalue weighted by Gasteiger charge is 2.61.